The molecule has 15 nitrogen and oxygen atoms in total. The summed E-state index contributed by atoms with van der Waals surface area (Å²) < 4.78 is 29.5. The number of hydrogen-bond donors (Lipinski definition) is 7. The Hall–Kier alpha value is -1.78. The largest absolute Gasteiger partial charge is 0.394 e. The number of unbranched alkanes of at least 4 members (excludes halogenated alkanes) is 13. The second kappa shape index (κ2) is 22.2. The first-order chi connectivity index (χ1) is 23.6. The summed E-state index contributed by atoms with van der Waals surface area (Å²) in [5, 5.41) is 41.0. The molecule has 282 valence electrons. The molecule has 49 heavy (non-hydrogen) atoms. The normalized spacial score (nSPS) is 21.6. The Bertz CT molecular complexity index is 1260. The van der Waals surface area contributed by atoms with Crippen LogP contribution in [0.3, 0.4) is 0 Å². The summed E-state index contributed by atoms with van der Waals surface area (Å²) >= 11 is 0. The van der Waals surface area contributed by atoms with Crippen LogP contribution in [0.15, 0.2) is 0 Å². The maximum atomic E-state index is 11.3. The van der Waals surface area contributed by atoms with Gasteiger partial charge in [0.05, 0.1) is 13.2 Å². The van der Waals surface area contributed by atoms with E-state index in [9.17, 15) is 25.0 Å². The molecular weight excluding hydrogens is 657 g/mol. The third-order valence-electron chi connectivity index (χ3n) is 8.89. The van der Waals surface area contributed by atoms with E-state index in [1.54, 1.807) is 0 Å². The number of aliphatic hydroxyl groups is 4. The SMILES string of the molecule is CCCCCCCCCCCCCCCCOCCCc1nc(N)c2nc(C3O[C@H](CO)[C@H](O)[C@H](O)[C@H]3O)n(CCOCP(=O)(O)O)c2n1. The zero-order valence-electron chi connectivity index (χ0n) is 29.1. The molecule has 2 aromatic rings. The van der Waals surface area contributed by atoms with Crippen molar-refractivity contribution in [2.75, 3.05) is 38.5 Å². The molecule has 1 unspecified atom stereocenters. The van der Waals surface area contributed by atoms with E-state index >= 15 is 0 Å². The predicted octanol–water partition coefficient (Wildman–Crippen LogP) is 3.51. The number of imidazole rings is 1. The molecule has 0 bridgehead atoms. The molecule has 2 aromatic heterocycles. The van der Waals surface area contributed by atoms with Crippen LogP contribution in [0.1, 0.15) is 121 Å². The zero-order valence-corrected chi connectivity index (χ0v) is 30.0. The maximum Gasteiger partial charge on any atom is 0.350 e. The Balaban J connectivity index is 1.47. The minimum absolute atomic E-state index is 0.0148. The van der Waals surface area contributed by atoms with E-state index in [1.807, 2.05) is 0 Å². The van der Waals surface area contributed by atoms with E-state index < -0.39 is 51.1 Å². The molecule has 1 fully saturated rings. The summed E-state index contributed by atoms with van der Waals surface area (Å²) in [6.07, 6.45) is 11.3. The number of hydrogen-bond acceptors (Lipinski definition) is 12. The van der Waals surface area contributed by atoms with Crippen LogP contribution in [0.5, 0.6) is 0 Å². The minimum Gasteiger partial charge on any atom is -0.394 e. The first kappa shape index (κ1) is 41.6. The fourth-order valence-electron chi connectivity index (χ4n) is 6.12. The quantitative estimate of drug-likeness (QED) is 0.0545. The molecule has 0 saturated carbocycles. The Morgan fingerprint density at radius 2 is 1.37 bits per heavy atom. The molecule has 1 aliphatic rings. The molecule has 1 aliphatic heterocycles. The number of anilines is 1. The molecule has 1 saturated heterocycles. The van der Waals surface area contributed by atoms with E-state index in [0.717, 1.165) is 12.8 Å². The molecule has 3 heterocycles. The molecule has 0 radical (unpaired) electrons. The predicted molar refractivity (Wildman–Crippen MR) is 185 cm³/mol. The smallest absolute Gasteiger partial charge is 0.350 e. The zero-order chi connectivity index (χ0) is 35.6. The number of nitrogens with zero attached hydrogens (tertiary/aromatic N) is 4. The summed E-state index contributed by atoms with van der Waals surface area (Å²) in [5.74, 6) is 0.577. The summed E-state index contributed by atoms with van der Waals surface area (Å²) in [5.41, 5.74) is 6.73. The number of ether oxygens (including phenoxy) is 3. The van der Waals surface area contributed by atoms with Gasteiger partial charge in [-0.2, -0.15) is 0 Å². The Labute approximate surface area is 289 Å². The van der Waals surface area contributed by atoms with Crippen molar-refractivity contribution in [2.45, 2.75) is 147 Å². The van der Waals surface area contributed by atoms with Crippen molar-refractivity contribution in [3.63, 3.8) is 0 Å². The number of nitrogens with two attached hydrogens (primary N) is 1. The van der Waals surface area contributed by atoms with Gasteiger partial charge in [-0.25, -0.2) is 15.0 Å². The third kappa shape index (κ3) is 14.0. The number of aliphatic hydroxyl groups excluding tert-OH is 4. The number of rotatable bonds is 26. The molecule has 0 aromatic carbocycles. The van der Waals surface area contributed by atoms with Crippen molar-refractivity contribution >= 4 is 24.6 Å². The van der Waals surface area contributed by atoms with Gasteiger partial charge in [0.2, 0.25) is 0 Å². The molecular formula is C33H60N5O10P. The van der Waals surface area contributed by atoms with Crippen molar-refractivity contribution in [3.05, 3.63) is 11.6 Å². The summed E-state index contributed by atoms with van der Waals surface area (Å²) in [6, 6.07) is 0. The lowest BCUT2D eigenvalue weighted by Gasteiger charge is -2.39. The highest BCUT2D eigenvalue weighted by Gasteiger charge is 2.46. The van der Waals surface area contributed by atoms with Gasteiger partial charge in [0.25, 0.3) is 0 Å². The van der Waals surface area contributed by atoms with E-state index in [1.165, 1.54) is 81.6 Å². The second-order valence-corrected chi connectivity index (χ2v) is 14.7. The van der Waals surface area contributed by atoms with E-state index in [-0.39, 0.29) is 36.0 Å². The first-order valence-corrected chi connectivity index (χ1v) is 19.9. The number of nitrogen functional groups attached to an aromatic ring is 1. The van der Waals surface area contributed by atoms with Crippen molar-refractivity contribution in [1.82, 2.24) is 19.5 Å². The average Bonchev–Trinajstić information content (AvgIpc) is 3.43. The molecule has 0 spiro atoms. The number of aryl methyl sites for hydroxylation is 1. The van der Waals surface area contributed by atoms with Crippen LogP contribution in [0.2, 0.25) is 0 Å². The number of fused-ring (bicyclic) bond motifs is 1. The van der Waals surface area contributed by atoms with Crippen LogP contribution < -0.4 is 5.73 Å². The number of aromatic nitrogens is 4. The fraction of sp³-hybridized carbons (Fsp3) is 0.848. The minimum atomic E-state index is -4.41. The van der Waals surface area contributed by atoms with Gasteiger partial charge in [-0.3, -0.25) is 4.57 Å². The van der Waals surface area contributed by atoms with Gasteiger partial charge in [0.1, 0.15) is 48.5 Å². The van der Waals surface area contributed by atoms with Crippen LogP contribution in [-0.2, 0) is 31.7 Å². The molecule has 16 heteroatoms. The highest BCUT2D eigenvalue weighted by atomic mass is 31.2. The van der Waals surface area contributed by atoms with Crippen LogP contribution in [0, 0.1) is 0 Å². The average molecular weight is 718 g/mol. The van der Waals surface area contributed by atoms with Crippen molar-refractivity contribution in [1.29, 1.82) is 0 Å². The fourth-order valence-corrected chi connectivity index (χ4v) is 6.49. The van der Waals surface area contributed by atoms with Crippen LogP contribution >= 0.6 is 7.60 Å². The highest BCUT2D eigenvalue weighted by Crippen LogP contribution is 2.35. The summed E-state index contributed by atoms with van der Waals surface area (Å²) in [7, 11) is -4.41. The van der Waals surface area contributed by atoms with Crippen molar-refractivity contribution in [2.24, 2.45) is 0 Å². The third-order valence-corrected chi connectivity index (χ3v) is 9.41. The van der Waals surface area contributed by atoms with Gasteiger partial charge >= 0.3 is 7.60 Å². The van der Waals surface area contributed by atoms with Gasteiger partial charge in [0, 0.05) is 26.2 Å². The van der Waals surface area contributed by atoms with Crippen LogP contribution in [0.25, 0.3) is 11.2 Å². The standard InChI is InChI=1S/C33H60N5O10P/c1-2-3-4-5-6-7-8-9-10-11-12-13-14-15-19-46-20-16-17-25-35-31(34)26-32(36-25)38(18-21-47-23-49(43,44)45)33(37-26)30-29(42)28(41)27(40)24(22-39)48-30/h24,27-30,39-42H,2-23H2,1H3,(H2,34,35,36)(H2,43,44,45)/t24-,27+,28+,29-,30?/m1/s1. The van der Waals surface area contributed by atoms with Crippen molar-refractivity contribution in [3.8, 4) is 0 Å². The molecule has 5 atom stereocenters. The van der Waals surface area contributed by atoms with E-state index in [2.05, 4.69) is 21.9 Å². The Morgan fingerprint density at radius 1 is 0.776 bits per heavy atom. The van der Waals surface area contributed by atoms with Gasteiger partial charge in [0.15, 0.2) is 17.0 Å². The van der Waals surface area contributed by atoms with Crippen molar-refractivity contribution < 1.29 is 49.0 Å². The maximum absolute atomic E-state index is 11.3. The summed E-state index contributed by atoms with van der Waals surface area (Å²) in [6.45, 7) is 2.69. The van der Waals surface area contributed by atoms with Gasteiger partial charge in [-0.1, -0.05) is 90.4 Å². The second-order valence-electron chi connectivity index (χ2n) is 13.1. The topological polar surface area (TPSA) is 236 Å². The first-order valence-electron chi connectivity index (χ1n) is 18.1. The van der Waals surface area contributed by atoms with Gasteiger partial charge in [-0.05, 0) is 12.8 Å². The molecule has 0 amide bonds. The Morgan fingerprint density at radius 3 is 1.96 bits per heavy atom. The highest BCUT2D eigenvalue weighted by molar-refractivity contribution is 7.51. The molecule has 3 rings (SSSR count). The summed E-state index contributed by atoms with van der Waals surface area (Å²) in [4.78, 5) is 31.8. The van der Waals surface area contributed by atoms with Crippen LogP contribution in [0.4, 0.5) is 5.82 Å². The molecule has 8 N–H and O–H groups in total. The monoisotopic (exact) mass is 717 g/mol. The lowest BCUT2D eigenvalue weighted by Crippen LogP contribution is -2.55. The van der Waals surface area contributed by atoms with Gasteiger partial charge in [-0.15, -0.1) is 0 Å². The van der Waals surface area contributed by atoms with E-state index in [0.29, 0.717) is 31.9 Å². The lowest BCUT2D eigenvalue weighted by molar-refractivity contribution is -0.234. The Kier molecular flexibility index (Phi) is 18.9. The lowest BCUT2D eigenvalue weighted by atomic mass is 9.94. The van der Waals surface area contributed by atoms with E-state index in [4.69, 9.17) is 29.7 Å². The van der Waals surface area contributed by atoms with Crippen LogP contribution in [-0.4, -0.2) is 107 Å². The molecule has 0 aliphatic carbocycles. The van der Waals surface area contributed by atoms with Gasteiger partial charge < -0.3 is 54.7 Å².